The lowest BCUT2D eigenvalue weighted by molar-refractivity contribution is 0.0178. The molecule has 0 radical (unpaired) electrons. The summed E-state index contributed by atoms with van der Waals surface area (Å²) in [4.78, 5) is 5.33. The summed E-state index contributed by atoms with van der Waals surface area (Å²) in [6, 6.07) is 1.44. The molecule has 1 N–H and O–H groups in total. The highest BCUT2D eigenvalue weighted by Gasteiger charge is 2.36. The zero-order valence-electron chi connectivity index (χ0n) is 13.2. The van der Waals surface area contributed by atoms with E-state index in [1.807, 2.05) is 0 Å². The molecular formula is C16H31N3O. The van der Waals surface area contributed by atoms with Crippen LogP contribution in [0.1, 0.15) is 33.1 Å². The van der Waals surface area contributed by atoms with E-state index in [0.717, 1.165) is 32.3 Å². The van der Waals surface area contributed by atoms with Crippen LogP contribution in [-0.2, 0) is 4.74 Å². The molecule has 3 heterocycles. The lowest BCUT2D eigenvalue weighted by Gasteiger charge is -2.41. The molecule has 3 aliphatic rings. The molecule has 4 heteroatoms. The van der Waals surface area contributed by atoms with Crippen molar-refractivity contribution in [3.05, 3.63) is 0 Å². The van der Waals surface area contributed by atoms with E-state index in [0.29, 0.717) is 11.5 Å². The first-order chi connectivity index (χ1) is 9.65. The quantitative estimate of drug-likeness (QED) is 0.840. The predicted octanol–water partition coefficient (Wildman–Crippen LogP) is 1.17. The molecule has 0 aromatic rings. The van der Waals surface area contributed by atoms with Crippen LogP contribution in [0.25, 0.3) is 0 Å². The SMILES string of the molecule is CC1(C)CCCNC1CN1CCC(N2CCOCC2)C1. The van der Waals surface area contributed by atoms with Gasteiger partial charge in [-0.05, 0) is 37.8 Å². The summed E-state index contributed by atoms with van der Waals surface area (Å²) in [5.41, 5.74) is 0.454. The Hall–Kier alpha value is -0.160. The van der Waals surface area contributed by atoms with E-state index in [-0.39, 0.29) is 0 Å². The minimum Gasteiger partial charge on any atom is -0.379 e. The van der Waals surface area contributed by atoms with E-state index in [4.69, 9.17) is 4.74 Å². The van der Waals surface area contributed by atoms with Crippen LogP contribution >= 0.6 is 0 Å². The lowest BCUT2D eigenvalue weighted by Crippen LogP contribution is -2.53. The first-order valence-corrected chi connectivity index (χ1v) is 8.43. The second-order valence-electron chi connectivity index (χ2n) is 7.45. The minimum atomic E-state index is 0.454. The van der Waals surface area contributed by atoms with Gasteiger partial charge in [-0.1, -0.05) is 13.8 Å². The van der Waals surface area contributed by atoms with E-state index < -0.39 is 0 Å². The normalized spacial score (nSPS) is 36.3. The van der Waals surface area contributed by atoms with Gasteiger partial charge in [0.05, 0.1) is 13.2 Å². The summed E-state index contributed by atoms with van der Waals surface area (Å²) in [7, 11) is 0. The Morgan fingerprint density at radius 2 is 2.00 bits per heavy atom. The van der Waals surface area contributed by atoms with Crippen molar-refractivity contribution in [3.63, 3.8) is 0 Å². The molecule has 3 rings (SSSR count). The van der Waals surface area contributed by atoms with E-state index in [1.165, 1.54) is 45.4 Å². The number of nitrogens with zero attached hydrogens (tertiary/aromatic N) is 2. The second-order valence-corrected chi connectivity index (χ2v) is 7.45. The van der Waals surface area contributed by atoms with Crippen LogP contribution in [0.4, 0.5) is 0 Å². The Balaban J connectivity index is 1.49. The van der Waals surface area contributed by atoms with Gasteiger partial charge in [0.2, 0.25) is 0 Å². The number of rotatable bonds is 3. The summed E-state index contributed by atoms with van der Waals surface area (Å²) in [6.45, 7) is 13.9. The molecule has 0 amide bonds. The topological polar surface area (TPSA) is 27.7 Å². The van der Waals surface area contributed by atoms with Crippen molar-refractivity contribution >= 4 is 0 Å². The van der Waals surface area contributed by atoms with Crippen LogP contribution in [0.15, 0.2) is 0 Å². The number of morpholine rings is 1. The van der Waals surface area contributed by atoms with E-state index in [1.54, 1.807) is 0 Å². The maximum atomic E-state index is 5.47. The predicted molar refractivity (Wildman–Crippen MR) is 82.0 cm³/mol. The largest absolute Gasteiger partial charge is 0.379 e. The molecule has 3 saturated heterocycles. The van der Waals surface area contributed by atoms with Crippen molar-refractivity contribution in [3.8, 4) is 0 Å². The summed E-state index contributed by atoms with van der Waals surface area (Å²) >= 11 is 0. The third kappa shape index (κ3) is 3.35. The van der Waals surface area contributed by atoms with Gasteiger partial charge in [0, 0.05) is 38.3 Å². The van der Waals surface area contributed by atoms with Gasteiger partial charge in [-0.15, -0.1) is 0 Å². The van der Waals surface area contributed by atoms with Crippen LogP contribution in [0.5, 0.6) is 0 Å². The van der Waals surface area contributed by atoms with Gasteiger partial charge < -0.3 is 15.0 Å². The molecule has 0 aromatic carbocycles. The van der Waals surface area contributed by atoms with Crippen LogP contribution in [-0.4, -0.2) is 74.4 Å². The molecule has 3 aliphatic heterocycles. The number of hydrogen-bond acceptors (Lipinski definition) is 4. The second kappa shape index (κ2) is 6.30. The highest BCUT2D eigenvalue weighted by atomic mass is 16.5. The van der Waals surface area contributed by atoms with Crippen LogP contribution in [0.2, 0.25) is 0 Å². The van der Waals surface area contributed by atoms with E-state index in [9.17, 15) is 0 Å². The first kappa shape index (κ1) is 14.8. The molecule has 3 fully saturated rings. The van der Waals surface area contributed by atoms with Crippen molar-refractivity contribution in [2.75, 3.05) is 52.5 Å². The molecular weight excluding hydrogens is 250 g/mol. The highest BCUT2D eigenvalue weighted by Crippen LogP contribution is 2.31. The minimum absolute atomic E-state index is 0.454. The third-order valence-corrected chi connectivity index (χ3v) is 5.58. The highest BCUT2D eigenvalue weighted by molar-refractivity contribution is 4.93. The maximum absolute atomic E-state index is 5.47. The van der Waals surface area contributed by atoms with Crippen LogP contribution in [0, 0.1) is 5.41 Å². The van der Waals surface area contributed by atoms with Gasteiger partial charge in [0.15, 0.2) is 0 Å². The summed E-state index contributed by atoms with van der Waals surface area (Å²) in [5, 5.41) is 3.76. The number of nitrogens with one attached hydrogen (secondary N) is 1. The molecule has 0 aliphatic carbocycles. The fourth-order valence-corrected chi connectivity index (χ4v) is 4.06. The smallest absolute Gasteiger partial charge is 0.0594 e. The molecule has 0 spiro atoms. The van der Waals surface area contributed by atoms with Gasteiger partial charge in [-0.2, -0.15) is 0 Å². The Labute approximate surface area is 123 Å². The maximum Gasteiger partial charge on any atom is 0.0594 e. The first-order valence-electron chi connectivity index (χ1n) is 8.43. The van der Waals surface area contributed by atoms with E-state index >= 15 is 0 Å². The van der Waals surface area contributed by atoms with Crippen molar-refractivity contribution in [1.82, 2.24) is 15.1 Å². The molecule has 0 aromatic heterocycles. The summed E-state index contributed by atoms with van der Waals surface area (Å²) in [6.07, 6.45) is 4.04. The summed E-state index contributed by atoms with van der Waals surface area (Å²) in [5.74, 6) is 0. The average molecular weight is 281 g/mol. The van der Waals surface area contributed by atoms with Crippen molar-refractivity contribution in [2.45, 2.75) is 45.2 Å². The van der Waals surface area contributed by atoms with Gasteiger partial charge in [-0.3, -0.25) is 4.90 Å². The number of hydrogen-bond donors (Lipinski definition) is 1. The number of piperidine rings is 1. The fourth-order valence-electron chi connectivity index (χ4n) is 4.06. The van der Waals surface area contributed by atoms with Gasteiger partial charge >= 0.3 is 0 Å². The standard InChI is InChI=1S/C16H31N3O/c1-16(2)5-3-6-17-15(16)13-18-7-4-14(12-18)19-8-10-20-11-9-19/h14-15,17H,3-13H2,1-2H3. The van der Waals surface area contributed by atoms with Crippen LogP contribution < -0.4 is 5.32 Å². The zero-order chi connectivity index (χ0) is 14.0. The summed E-state index contributed by atoms with van der Waals surface area (Å²) < 4.78 is 5.47. The molecule has 116 valence electrons. The Bertz CT molecular complexity index is 315. The Morgan fingerprint density at radius 3 is 2.75 bits per heavy atom. The number of ether oxygens (including phenoxy) is 1. The lowest BCUT2D eigenvalue weighted by atomic mass is 9.77. The molecule has 4 nitrogen and oxygen atoms in total. The molecule has 2 unspecified atom stereocenters. The third-order valence-electron chi connectivity index (χ3n) is 5.58. The average Bonchev–Trinajstić information content (AvgIpc) is 2.91. The zero-order valence-corrected chi connectivity index (χ0v) is 13.2. The van der Waals surface area contributed by atoms with Gasteiger partial charge in [-0.25, -0.2) is 0 Å². The fraction of sp³-hybridized carbons (Fsp3) is 1.00. The van der Waals surface area contributed by atoms with Crippen molar-refractivity contribution in [2.24, 2.45) is 5.41 Å². The molecule has 20 heavy (non-hydrogen) atoms. The van der Waals surface area contributed by atoms with E-state index in [2.05, 4.69) is 29.0 Å². The van der Waals surface area contributed by atoms with Gasteiger partial charge in [0.25, 0.3) is 0 Å². The van der Waals surface area contributed by atoms with Crippen molar-refractivity contribution < 1.29 is 4.74 Å². The van der Waals surface area contributed by atoms with Crippen LogP contribution in [0.3, 0.4) is 0 Å². The van der Waals surface area contributed by atoms with Crippen molar-refractivity contribution in [1.29, 1.82) is 0 Å². The monoisotopic (exact) mass is 281 g/mol. The van der Waals surface area contributed by atoms with Gasteiger partial charge in [0.1, 0.15) is 0 Å². The molecule has 0 saturated carbocycles. The number of likely N-dealkylation sites (tertiary alicyclic amines) is 1. The Morgan fingerprint density at radius 1 is 1.20 bits per heavy atom. The molecule has 0 bridgehead atoms. The Kier molecular flexibility index (Phi) is 4.65. The molecule has 2 atom stereocenters.